The van der Waals surface area contributed by atoms with Crippen molar-refractivity contribution in [1.82, 2.24) is 20.2 Å². The van der Waals surface area contributed by atoms with Gasteiger partial charge in [0.1, 0.15) is 12.0 Å². The van der Waals surface area contributed by atoms with E-state index in [0.29, 0.717) is 37.9 Å². The summed E-state index contributed by atoms with van der Waals surface area (Å²) < 4.78 is 55.5. The van der Waals surface area contributed by atoms with Crippen LogP contribution in [0.15, 0.2) is 35.5 Å². The highest BCUT2D eigenvalue weighted by Crippen LogP contribution is 2.38. The van der Waals surface area contributed by atoms with E-state index in [1.54, 1.807) is 19.2 Å². The Bertz CT molecular complexity index is 1210. The maximum atomic E-state index is 13.5. The van der Waals surface area contributed by atoms with Crippen molar-refractivity contribution in [2.24, 2.45) is 0 Å². The Balaban J connectivity index is 1.12. The number of aromatic nitrogens is 2. The average Bonchev–Trinajstić information content (AvgIpc) is 3.01. The maximum absolute atomic E-state index is 13.5. The van der Waals surface area contributed by atoms with E-state index in [4.69, 9.17) is 14.2 Å². The molecule has 4 heterocycles. The fourth-order valence-electron chi connectivity index (χ4n) is 6.33. The maximum Gasteiger partial charge on any atom is 0.446 e. The van der Waals surface area contributed by atoms with Crippen LogP contribution in [0.2, 0.25) is 0 Å². The third-order valence-electron chi connectivity index (χ3n) is 8.77. The van der Waals surface area contributed by atoms with E-state index >= 15 is 0 Å². The van der Waals surface area contributed by atoms with Crippen LogP contribution in [0.5, 0.6) is 0 Å². The second-order valence-electron chi connectivity index (χ2n) is 11.6. The molecule has 0 saturated carbocycles. The number of methoxy groups -OCH3 is 1. The Kier molecular flexibility index (Phi) is 11.0. The van der Waals surface area contributed by atoms with Crippen molar-refractivity contribution >= 4 is 17.7 Å². The largest absolute Gasteiger partial charge is 0.446 e. The predicted molar refractivity (Wildman–Crippen MR) is 157 cm³/mol. The zero-order valence-electron chi connectivity index (χ0n) is 24.8. The van der Waals surface area contributed by atoms with Gasteiger partial charge in [-0.05, 0) is 87.7 Å². The van der Waals surface area contributed by atoms with Gasteiger partial charge in [0.25, 0.3) is 5.91 Å². The molecule has 3 aliphatic rings. The first-order chi connectivity index (χ1) is 20.7. The van der Waals surface area contributed by atoms with Crippen molar-refractivity contribution in [3.05, 3.63) is 53.1 Å². The van der Waals surface area contributed by atoms with Gasteiger partial charge in [0.05, 0.1) is 24.9 Å². The molecule has 236 valence electrons. The van der Waals surface area contributed by atoms with Crippen molar-refractivity contribution in [2.75, 3.05) is 33.4 Å². The quantitative estimate of drug-likeness (QED) is 0.360. The van der Waals surface area contributed by atoms with Crippen LogP contribution in [0, 0.1) is 6.92 Å². The minimum Gasteiger partial charge on any atom is -0.379 e. The van der Waals surface area contributed by atoms with Gasteiger partial charge in [-0.15, -0.1) is 0 Å². The smallest absolute Gasteiger partial charge is 0.379 e. The number of piperidine rings is 1. The molecule has 0 bridgehead atoms. The SMILES string of the molecule is CO[C@H]1COCC[C@H]1NC1CCN(C(=O)c2ncnc(CC[C@H]3CCC[C@@H](c4ccc(SC(F)(F)F)cc4)O3)c2C)CC1. The average molecular weight is 623 g/mol. The zero-order valence-corrected chi connectivity index (χ0v) is 25.6. The number of likely N-dealkylation sites (tertiary alicyclic amines) is 1. The summed E-state index contributed by atoms with van der Waals surface area (Å²) in [5, 5.41) is 3.73. The number of carbonyl (C=O) groups is 1. The van der Waals surface area contributed by atoms with Gasteiger partial charge in [-0.25, -0.2) is 9.97 Å². The van der Waals surface area contributed by atoms with Crippen molar-refractivity contribution in [1.29, 1.82) is 0 Å². The molecule has 4 atom stereocenters. The van der Waals surface area contributed by atoms with E-state index in [2.05, 4.69) is 15.3 Å². The van der Waals surface area contributed by atoms with Crippen molar-refractivity contribution < 1.29 is 32.2 Å². The Morgan fingerprint density at radius 2 is 1.88 bits per heavy atom. The molecule has 1 amide bonds. The first kappa shape index (κ1) is 32.2. The molecule has 2 aromatic rings. The Labute approximate surface area is 255 Å². The summed E-state index contributed by atoms with van der Waals surface area (Å²) in [7, 11) is 1.72. The number of carbonyl (C=O) groups excluding carboxylic acids is 1. The summed E-state index contributed by atoms with van der Waals surface area (Å²) in [5.74, 6) is -0.0541. The van der Waals surface area contributed by atoms with E-state index < -0.39 is 5.51 Å². The van der Waals surface area contributed by atoms with Crippen molar-refractivity contribution in [3.8, 4) is 0 Å². The number of nitrogens with one attached hydrogen (secondary N) is 1. The molecule has 0 unspecified atom stereocenters. The number of thioether (sulfide) groups is 1. The van der Waals surface area contributed by atoms with Crippen LogP contribution in [0.4, 0.5) is 13.2 Å². The highest BCUT2D eigenvalue weighted by atomic mass is 32.2. The number of aryl methyl sites for hydroxylation is 1. The third-order valence-corrected chi connectivity index (χ3v) is 9.51. The first-order valence-corrected chi connectivity index (χ1v) is 16.0. The standard InChI is InChI=1S/C31H41F3N4O4S/c1-20-25(11-8-23-4-3-5-27(42-23)21-6-9-24(10-7-21)43-31(32,33)34)35-19-36-29(20)30(39)38-15-12-22(13-16-38)37-26-14-17-41-18-28(26)40-2/h6-7,9-10,19,22-23,26-28,37H,3-5,8,11-18H2,1-2H3/t23-,26-,27+,28+/m1/s1. The molecule has 43 heavy (non-hydrogen) atoms. The number of ether oxygens (including phenoxy) is 3. The van der Waals surface area contributed by atoms with E-state index in [1.165, 1.54) is 18.5 Å². The van der Waals surface area contributed by atoms with Crippen LogP contribution in [-0.4, -0.2) is 84.0 Å². The van der Waals surface area contributed by atoms with E-state index in [1.807, 2.05) is 11.8 Å². The lowest BCUT2D eigenvalue weighted by molar-refractivity contribution is -0.0547. The Morgan fingerprint density at radius 3 is 2.60 bits per heavy atom. The van der Waals surface area contributed by atoms with Crippen LogP contribution in [-0.2, 0) is 20.6 Å². The highest BCUT2D eigenvalue weighted by Gasteiger charge is 2.32. The lowest BCUT2D eigenvalue weighted by Crippen LogP contribution is -2.54. The van der Waals surface area contributed by atoms with Gasteiger partial charge in [-0.1, -0.05) is 12.1 Å². The zero-order chi connectivity index (χ0) is 30.4. The van der Waals surface area contributed by atoms with Gasteiger partial charge < -0.3 is 24.4 Å². The van der Waals surface area contributed by atoms with Gasteiger partial charge in [0, 0.05) is 55.0 Å². The lowest BCUT2D eigenvalue weighted by atomic mass is 9.95. The van der Waals surface area contributed by atoms with Gasteiger partial charge in [0.2, 0.25) is 0 Å². The summed E-state index contributed by atoms with van der Waals surface area (Å²) >= 11 is -0.108. The molecule has 0 radical (unpaired) electrons. The normalized spacial score (nSPS) is 25.6. The number of benzene rings is 1. The molecular formula is C31H41F3N4O4S. The number of alkyl halides is 3. The number of halogens is 3. The van der Waals surface area contributed by atoms with Crippen LogP contribution in [0.3, 0.4) is 0 Å². The van der Waals surface area contributed by atoms with Crippen molar-refractivity contribution in [2.45, 2.75) is 99.1 Å². The summed E-state index contributed by atoms with van der Waals surface area (Å²) in [6.07, 6.45) is 8.20. The summed E-state index contributed by atoms with van der Waals surface area (Å²) in [5.41, 5.74) is -1.29. The topological polar surface area (TPSA) is 85.8 Å². The number of hydrogen-bond donors (Lipinski definition) is 1. The molecule has 0 spiro atoms. The lowest BCUT2D eigenvalue weighted by Gasteiger charge is -2.38. The second kappa shape index (κ2) is 14.7. The molecule has 5 rings (SSSR count). The minimum absolute atomic E-state index is 0.0106. The summed E-state index contributed by atoms with van der Waals surface area (Å²) in [6, 6.07) is 7.07. The molecule has 1 aromatic heterocycles. The molecule has 1 aromatic carbocycles. The van der Waals surface area contributed by atoms with Crippen molar-refractivity contribution in [3.63, 3.8) is 0 Å². The molecule has 0 aliphatic carbocycles. The van der Waals surface area contributed by atoms with Crippen LogP contribution in [0.25, 0.3) is 0 Å². The Morgan fingerprint density at radius 1 is 1.12 bits per heavy atom. The fraction of sp³-hybridized carbons (Fsp3) is 0.645. The van der Waals surface area contributed by atoms with Gasteiger partial charge in [-0.3, -0.25) is 4.79 Å². The Hall–Kier alpha value is -2.25. The fourth-order valence-corrected chi connectivity index (χ4v) is 6.87. The molecule has 3 aliphatic heterocycles. The second-order valence-corrected chi connectivity index (χ2v) is 12.7. The predicted octanol–water partition coefficient (Wildman–Crippen LogP) is 5.64. The van der Waals surface area contributed by atoms with Gasteiger partial charge in [-0.2, -0.15) is 13.2 Å². The summed E-state index contributed by atoms with van der Waals surface area (Å²) in [4.78, 5) is 24.4. The molecule has 1 N–H and O–H groups in total. The first-order valence-electron chi connectivity index (χ1n) is 15.2. The molecule has 12 heteroatoms. The monoisotopic (exact) mass is 622 g/mol. The van der Waals surface area contributed by atoms with Crippen LogP contribution >= 0.6 is 11.8 Å². The van der Waals surface area contributed by atoms with E-state index in [0.717, 1.165) is 68.4 Å². The molecular weight excluding hydrogens is 581 g/mol. The number of nitrogens with zero attached hydrogens (tertiary/aromatic N) is 3. The van der Waals surface area contributed by atoms with E-state index in [-0.39, 0.29) is 46.9 Å². The molecule has 3 fully saturated rings. The molecule has 3 saturated heterocycles. The number of rotatable bonds is 9. The van der Waals surface area contributed by atoms with Gasteiger partial charge in [0.15, 0.2) is 0 Å². The molecule has 8 nitrogen and oxygen atoms in total. The number of hydrogen-bond acceptors (Lipinski definition) is 8. The highest BCUT2D eigenvalue weighted by molar-refractivity contribution is 8.00. The van der Waals surface area contributed by atoms with Crippen LogP contribution < -0.4 is 5.32 Å². The van der Waals surface area contributed by atoms with Crippen LogP contribution in [0.1, 0.15) is 78.4 Å². The minimum atomic E-state index is -4.30. The number of amides is 1. The van der Waals surface area contributed by atoms with Gasteiger partial charge >= 0.3 is 5.51 Å². The van der Waals surface area contributed by atoms with E-state index in [9.17, 15) is 18.0 Å². The summed E-state index contributed by atoms with van der Waals surface area (Å²) in [6.45, 7) is 4.60. The third kappa shape index (κ3) is 8.69.